The number of pyridine rings is 1. The third-order valence-corrected chi connectivity index (χ3v) is 5.21. The molecule has 3 rings (SSSR count). The van der Waals surface area contributed by atoms with Crippen LogP contribution < -0.4 is 5.32 Å². The number of ether oxygens (including phenoxy) is 1. The lowest BCUT2D eigenvalue weighted by atomic mass is 10.1. The Morgan fingerprint density at radius 3 is 2.86 bits per heavy atom. The van der Waals surface area contributed by atoms with Gasteiger partial charge in [0, 0.05) is 35.2 Å². The largest absolute Gasteiger partial charge is 0.444 e. The number of fused-ring (bicyclic) bond motifs is 1. The Labute approximate surface area is 173 Å². The van der Waals surface area contributed by atoms with E-state index in [0.29, 0.717) is 18.5 Å². The number of carbonyl (C=O) groups excluding carboxylic acids is 2. The van der Waals surface area contributed by atoms with Crippen molar-refractivity contribution in [3.8, 4) is 0 Å². The van der Waals surface area contributed by atoms with Crippen LogP contribution in [-0.2, 0) is 4.74 Å². The van der Waals surface area contributed by atoms with Crippen molar-refractivity contribution in [2.75, 3.05) is 13.1 Å². The zero-order chi connectivity index (χ0) is 20.3. The second kappa shape index (κ2) is 8.47. The first-order valence-electron chi connectivity index (χ1n) is 9.57. The van der Waals surface area contributed by atoms with Gasteiger partial charge in [0.2, 0.25) is 0 Å². The molecular formula is C21H26BrN3O3. The molecule has 0 spiro atoms. The fraction of sp³-hybridized carbons (Fsp3) is 0.476. The van der Waals surface area contributed by atoms with E-state index in [9.17, 15) is 9.59 Å². The third-order valence-electron chi connectivity index (χ3n) is 4.72. The van der Waals surface area contributed by atoms with E-state index in [1.165, 1.54) is 0 Å². The van der Waals surface area contributed by atoms with Crippen molar-refractivity contribution in [1.29, 1.82) is 0 Å². The van der Waals surface area contributed by atoms with Crippen LogP contribution in [-0.4, -0.2) is 46.6 Å². The summed E-state index contributed by atoms with van der Waals surface area (Å²) in [6.45, 7) is 6.71. The van der Waals surface area contributed by atoms with Crippen molar-refractivity contribution in [2.24, 2.45) is 0 Å². The summed E-state index contributed by atoms with van der Waals surface area (Å²) in [4.78, 5) is 31.3. The first kappa shape index (κ1) is 20.6. The van der Waals surface area contributed by atoms with Crippen molar-refractivity contribution in [3.05, 3.63) is 40.5 Å². The predicted octanol–water partition coefficient (Wildman–Crippen LogP) is 4.52. The van der Waals surface area contributed by atoms with Gasteiger partial charge in [-0.3, -0.25) is 9.78 Å². The zero-order valence-electron chi connectivity index (χ0n) is 16.5. The van der Waals surface area contributed by atoms with Crippen molar-refractivity contribution in [2.45, 2.75) is 51.7 Å². The summed E-state index contributed by atoms with van der Waals surface area (Å²) in [7, 11) is 0. The summed E-state index contributed by atoms with van der Waals surface area (Å²) in [6, 6.07) is 7.65. The molecule has 150 valence electrons. The Bertz CT molecular complexity index is 879. The maximum Gasteiger partial charge on any atom is 0.407 e. The van der Waals surface area contributed by atoms with Crippen LogP contribution in [0.1, 0.15) is 50.4 Å². The van der Waals surface area contributed by atoms with Gasteiger partial charge in [-0.2, -0.15) is 0 Å². The van der Waals surface area contributed by atoms with E-state index in [4.69, 9.17) is 4.74 Å². The highest BCUT2D eigenvalue weighted by atomic mass is 79.9. The molecule has 7 heteroatoms. The predicted molar refractivity (Wildman–Crippen MR) is 112 cm³/mol. The molecule has 1 aromatic heterocycles. The van der Waals surface area contributed by atoms with Crippen LogP contribution in [0, 0.1) is 0 Å². The number of benzene rings is 1. The van der Waals surface area contributed by atoms with Gasteiger partial charge >= 0.3 is 6.09 Å². The molecule has 1 fully saturated rings. The molecule has 2 heterocycles. The highest BCUT2D eigenvalue weighted by molar-refractivity contribution is 9.10. The average Bonchev–Trinajstić information content (AvgIpc) is 3.07. The third kappa shape index (κ3) is 5.01. The molecule has 0 radical (unpaired) electrons. The number of halogens is 1. The number of aromatic nitrogens is 1. The average molecular weight is 448 g/mol. The lowest BCUT2D eigenvalue weighted by molar-refractivity contribution is 0.0523. The molecule has 1 aromatic carbocycles. The van der Waals surface area contributed by atoms with Crippen molar-refractivity contribution >= 4 is 38.8 Å². The topological polar surface area (TPSA) is 71.5 Å². The van der Waals surface area contributed by atoms with E-state index in [1.54, 1.807) is 12.3 Å². The van der Waals surface area contributed by atoms with Crippen molar-refractivity contribution in [3.63, 3.8) is 0 Å². The number of nitrogens with one attached hydrogen (secondary N) is 1. The summed E-state index contributed by atoms with van der Waals surface area (Å²) < 4.78 is 6.18. The van der Waals surface area contributed by atoms with Gasteiger partial charge in [-0.1, -0.05) is 15.9 Å². The molecule has 0 bridgehead atoms. The van der Waals surface area contributed by atoms with Gasteiger partial charge in [0.05, 0.1) is 11.1 Å². The molecule has 1 atom stereocenters. The van der Waals surface area contributed by atoms with E-state index in [-0.39, 0.29) is 11.9 Å². The molecule has 1 N–H and O–H groups in total. The molecule has 0 saturated carbocycles. The number of nitrogens with zero attached hydrogens (tertiary/aromatic N) is 2. The van der Waals surface area contributed by atoms with Crippen LogP contribution in [0.2, 0.25) is 0 Å². The SMILES string of the molecule is CC(C)(C)OC(=O)NCC[C@@H]1CCCN1C(=O)c1ccnc2ccc(Br)cc12. The number of rotatable bonds is 4. The number of alkyl carbamates (subject to hydrolysis) is 1. The summed E-state index contributed by atoms with van der Waals surface area (Å²) in [6.07, 6.45) is 3.87. The summed E-state index contributed by atoms with van der Waals surface area (Å²) in [5, 5.41) is 3.63. The van der Waals surface area contributed by atoms with Crippen LogP contribution in [0.3, 0.4) is 0 Å². The molecule has 0 unspecified atom stereocenters. The first-order chi connectivity index (χ1) is 13.2. The number of hydrogen-bond donors (Lipinski definition) is 1. The van der Waals surface area contributed by atoms with Gasteiger partial charge in [0.15, 0.2) is 0 Å². The monoisotopic (exact) mass is 447 g/mol. The Morgan fingerprint density at radius 2 is 2.11 bits per heavy atom. The van der Waals surface area contributed by atoms with Crippen LogP contribution in [0.5, 0.6) is 0 Å². The number of carbonyl (C=O) groups is 2. The maximum absolute atomic E-state index is 13.2. The Kier molecular flexibility index (Phi) is 6.23. The standard InChI is InChI=1S/C21H26BrN3O3/c1-21(2,3)28-20(27)24-10-8-15-5-4-12-25(15)19(26)16-9-11-23-18-7-6-14(22)13-17(16)18/h6-7,9,11,13,15H,4-5,8,10,12H2,1-3H3,(H,24,27)/t15-/m0/s1. The summed E-state index contributed by atoms with van der Waals surface area (Å²) in [5.74, 6) is 0.0188. The molecule has 1 saturated heterocycles. The lowest BCUT2D eigenvalue weighted by Gasteiger charge is -2.26. The van der Waals surface area contributed by atoms with Gasteiger partial charge in [-0.25, -0.2) is 4.79 Å². The zero-order valence-corrected chi connectivity index (χ0v) is 18.1. The molecule has 1 aliphatic rings. The second-order valence-corrected chi connectivity index (χ2v) is 8.95. The van der Waals surface area contributed by atoms with Gasteiger partial charge < -0.3 is 15.0 Å². The maximum atomic E-state index is 13.2. The lowest BCUT2D eigenvalue weighted by Crippen LogP contribution is -2.39. The number of hydrogen-bond acceptors (Lipinski definition) is 4. The van der Waals surface area contributed by atoms with E-state index in [2.05, 4.69) is 26.2 Å². The second-order valence-electron chi connectivity index (χ2n) is 8.03. The van der Waals surface area contributed by atoms with E-state index in [1.807, 2.05) is 43.9 Å². The van der Waals surface area contributed by atoms with Gasteiger partial charge in [-0.15, -0.1) is 0 Å². The fourth-order valence-electron chi connectivity index (χ4n) is 3.52. The van der Waals surface area contributed by atoms with Crippen LogP contribution >= 0.6 is 15.9 Å². The van der Waals surface area contributed by atoms with Gasteiger partial charge in [0.25, 0.3) is 5.91 Å². The molecule has 28 heavy (non-hydrogen) atoms. The molecule has 2 aromatic rings. The van der Waals surface area contributed by atoms with Gasteiger partial charge in [-0.05, 0) is 64.3 Å². The quantitative estimate of drug-likeness (QED) is 0.747. The van der Waals surface area contributed by atoms with Crippen LogP contribution in [0.25, 0.3) is 10.9 Å². The molecule has 2 amide bonds. The Balaban J connectivity index is 1.67. The van der Waals surface area contributed by atoms with Crippen molar-refractivity contribution < 1.29 is 14.3 Å². The molecule has 6 nitrogen and oxygen atoms in total. The highest BCUT2D eigenvalue weighted by Gasteiger charge is 2.30. The minimum Gasteiger partial charge on any atom is -0.444 e. The van der Waals surface area contributed by atoms with Crippen LogP contribution in [0.4, 0.5) is 4.79 Å². The molecular weight excluding hydrogens is 422 g/mol. The highest BCUT2D eigenvalue weighted by Crippen LogP contribution is 2.27. The first-order valence-corrected chi connectivity index (χ1v) is 10.4. The van der Waals surface area contributed by atoms with Gasteiger partial charge in [0.1, 0.15) is 5.60 Å². The van der Waals surface area contributed by atoms with Crippen LogP contribution in [0.15, 0.2) is 34.9 Å². The fourth-order valence-corrected chi connectivity index (χ4v) is 3.88. The van der Waals surface area contributed by atoms with Crippen molar-refractivity contribution in [1.82, 2.24) is 15.2 Å². The van der Waals surface area contributed by atoms with E-state index >= 15 is 0 Å². The normalized spacial score (nSPS) is 17.0. The number of amides is 2. The van der Waals surface area contributed by atoms with E-state index in [0.717, 1.165) is 34.8 Å². The Hall–Kier alpha value is -2.15. The smallest absolute Gasteiger partial charge is 0.407 e. The Morgan fingerprint density at radius 1 is 1.32 bits per heavy atom. The number of likely N-dealkylation sites (tertiary alicyclic amines) is 1. The summed E-state index contributed by atoms with van der Waals surface area (Å²) >= 11 is 3.47. The summed E-state index contributed by atoms with van der Waals surface area (Å²) in [5.41, 5.74) is 0.950. The minimum atomic E-state index is -0.518. The molecule has 1 aliphatic heterocycles. The van der Waals surface area contributed by atoms with E-state index < -0.39 is 11.7 Å². The molecule has 0 aliphatic carbocycles. The minimum absolute atomic E-state index is 0.0188.